The molecule has 2 aliphatic heterocycles. The first-order valence-corrected chi connectivity index (χ1v) is 10.6. The molecule has 1 unspecified atom stereocenters. The Morgan fingerprint density at radius 2 is 2.04 bits per heavy atom. The van der Waals surface area contributed by atoms with Gasteiger partial charge in [0, 0.05) is 37.0 Å². The second kappa shape index (κ2) is 9.98. The first-order valence-electron chi connectivity index (χ1n) is 8.30. The molecule has 11 heteroatoms. The summed E-state index contributed by atoms with van der Waals surface area (Å²) in [6, 6.07) is 3.39. The van der Waals surface area contributed by atoms with Crippen molar-refractivity contribution in [3.8, 4) is 0 Å². The number of hydrogen-bond acceptors (Lipinski definition) is 7. The highest BCUT2D eigenvalue weighted by molar-refractivity contribution is 7.91. The lowest BCUT2D eigenvalue weighted by Gasteiger charge is -2.25. The molecule has 1 atom stereocenters. The molecule has 8 nitrogen and oxygen atoms in total. The Morgan fingerprint density at radius 3 is 2.73 bits per heavy atom. The van der Waals surface area contributed by atoms with Gasteiger partial charge in [0.05, 0.1) is 33.0 Å². The van der Waals surface area contributed by atoms with E-state index in [0.717, 1.165) is 11.4 Å². The molecule has 0 radical (unpaired) electrons. The minimum absolute atomic E-state index is 0. The molecule has 0 aliphatic carbocycles. The van der Waals surface area contributed by atoms with Crippen molar-refractivity contribution >= 4 is 39.7 Å². The number of carbonyl (C=O) groups is 1. The van der Waals surface area contributed by atoms with Gasteiger partial charge in [-0.3, -0.25) is 4.79 Å². The normalized spacial score (nSPS) is 21.8. The Hall–Kier alpha value is -0.750. The number of amides is 1. The number of nitrogens with one attached hydrogen (secondary N) is 2. The van der Waals surface area contributed by atoms with Crippen LogP contribution in [0.2, 0.25) is 0 Å². The van der Waals surface area contributed by atoms with Gasteiger partial charge in [-0.25, -0.2) is 8.42 Å². The van der Waals surface area contributed by atoms with E-state index in [2.05, 4.69) is 10.6 Å². The van der Waals surface area contributed by atoms with Gasteiger partial charge in [-0.15, -0.1) is 23.7 Å². The fourth-order valence-electron chi connectivity index (χ4n) is 2.74. The molecule has 2 fully saturated rings. The van der Waals surface area contributed by atoms with Crippen LogP contribution < -0.4 is 10.6 Å². The second-order valence-electron chi connectivity index (χ2n) is 5.94. The van der Waals surface area contributed by atoms with E-state index in [4.69, 9.17) is 9.47 Å². The number of thiophene rings is 1. The van der Waals surface area contributed by atoms with Crippen molar-refractivity contribution in [2.45, 2.75) is 23.2 Å². The smallest absolute Gasteiger partial charge is 0.252 e. The summed E-state index contributed by atoms with van der Waals surface area (Å²) >= 11 is 1.20. The predicted molar refractivity (Wildman–Crippen MR) is 100 cm³/mol. The Labute approximate surface area is 163 Å². The number of morpholine rings is 2. The van der Waals surface area contributed by atoms with Crippen molar-refractivity contribution in [1.82, 2.24) is 14.9 Å². The molecule has 1 aromatic rings. The number of rotatable bonds is 6. The van der Waals surface area contributed by atoms with Crippen LogP contribution in [0.25, 0.3) is 0 Å². The zero-order valence-electron chi connectivity index (χ0n) is 14.3. The van der Waals surface area contributed by atoms with Crippen molar-refractivity contribution in [2.75, 3.05) is 46.1 Å². The largest absolute Gasteiger partial charge is 0.379 e. The molecular weight excluding hydrogens is 402 g/mol. The molecule has 3 heterocycles. The molecule has 2 aliphatic rings. The van der Waals surface area contributed by atoms with Crippen LogP contribution in [-0.4, -0.2) is 70.7 Å². The quantitative estimate of drug-likeness (QED) is 0.675. The fourth-order valence-corrected chi connectivity index (χ4v) is 5.60. The Bertz CT molecular complexity index is 685. The fraction of sp³-hybridized carbons (Fsp3) is 0.667. The van der Waals surface area contributed by atoms with Crippen LogP contribution in [-0.2, 0) is 30.8 Å². The SMILES string of the molecule is Cl.O=C(CC1COCCN1)NCc1ccc(S(=O)(=O)N2CCOCC2)s1. The van der Waals surface area contributed by atoms with Gasteiger partial charge in [-0.1, -0.05) is 0 Å². The first-order chi connectivity index (χ1) is 12.1. The minimum Gasteiger partial charge on any atom is -0.379 e. The van der Waals surface area contributed by atoms with Gasteiger partial charge in [0.25, 0.3) is 10.0 Å². The van der Waals surface area contributed by atoms with Gasteiger partial charge in [-0.05, 0) is 12.1 Å². The van der Waals surface area contributed by atoms with Crippen LogP contribution in [0.1, 0.15) is 11.3 Å². The molecule has 0 aromatic carbocycles. The molecule has 1 amide bonds. The number of ether oxygens (including phenoxy) is 2. The van der Waals surface area contributed by atoms with Crippen molar-refractivity contribution in [1.29, 1.82) is 0 Å². The van der Waals surface area contributed by atoms with E-state index >= 15 is 0 Å². The van der Waals surface area contributed by atoms with Crippen molar-refractivity contribution < 1.29 is 22.7 Å². The topological polar surface area (TPSA) is 97.0 Å². The third kappa shape index (κ3) is 5.62. The van der Waals surface area contributed by atoms with Crippen molar-refractivity contribution in [2.24, 2.45) is 0 Å². The zero-order chi connectivity index (χ0) is 17.7. The predicted octanol–water partition coefficient (Wildman–Crippen LogP) is 0.186. The van der Waals surface area contributed by atoms with Gasteiger partial charge in [-0.2, -0.15) is 4.31 Å². The summed E-state index contributed by atoms with van der Waals surface area (Å²) in [4.78, 5) is 12.8. The lowest BCUT2D eigenvalue weighted by atomic mass is 10.2. The number of carbonyl (C=O) groups excluding carboxylic acids is 1. The highest BCUT2D eigenvalue weighted by Crippen LogP contribution is 2.25. The van der Waals surface area contributed by atoms with E-state index in [1.165, 1.54) is 15.6 Å². The number of hydrogen-bond donors (Lipinski definition) is 2. The highest BCUT2D eigenvalue weighted by atomic mass is 35.5. The Kier molecular flexibility index (Phi) is 8.27. The highest BCUT2D eigenvalue weighted by Gasteiger charge is 2.27. The van der Waals surface area contributed by atoms with Crippen LogP contribution in [0, 0.1) is 0 Å². The second-order valence-corrected chi connectivity index (χ2v) is 9.28. The van der Waals surface area contributed by atoms with E-state index in [1.54, 1.807) is 12.1 Å². The van der Waals surface area contributed by atoms with Gasteiger partial charge in [0.15, 0.2) is 0 Å². The molecule has 26 heavy (non-hydrogen) atoms. The van der Waals surface area contributed by atoms with E-state index in [9.17, 15) is 13.2 Å². The number of halogens is 1. The van der Waals surface area contributed by atoms with Crippen molar-refractivity contribution in [3.05, 3.63) is 17.0 Å². The van der Waals surface area contributed by atoms with Crippen LogP contribution in [0.5, 0.6) is 0 Å². The Morgan fingerprint density at radius 1 is 1.27 bits per heavy atom. The molecule has 0 saturated carbocycles. The summed E-state index contributed by atoms with van der Waals surface area (Å²) in [5.41, 5.74) is 0. The molecule has 2 N–H and O–H groups in total. The molecular formula is C15H24ClN3O5S2. The molecule has 0 spiro atoms. The molecule has 3 rings (SSSR count). The summed E-state index contributed by atoms with van der Waals surface area (Å²) in [5.74, 6) is -0.0750. The van der Waals surface area contributed by atoms with E-state index < -0.39 is 10.0 Å². The maximum absolute atomic E-state index is 12.6. The Balaban J connectivity index is 0.00000243. The van der Waals surface area contributed by atoms with E-state index in [0.29, 0.717) is 56.7 Å². The summed E-state index contributed by atoms with van der Waals surface area (Å²) in [5, 5.41) is 6.07. The minimum atomic E-state index is -3.47. The van der Waals surface area contributed by atoms with E-state index in [1.807, 2.05) is 0 Å². The lowest BCUT2D eigenvalue weighted by molar-refractivity contribution is -0.122. The maximum atomic E-state index is 12.6. The lowest BCUT2D eigenvalue weighted by Crippen LogP contribution is -2.44. The standard InChI is InChI=1S/C15H23N3O5S2.ClH/c19-14(9-12-11-23-6-3-16-12)17-10-13-1-2-15(24-13)25(20,21)18-4-7-22-8-5-18;/h1-2,12,16H,3-11H2,(H,17,19);1H. The summed E-state index contributed by atoms with van der Waals surface area (Å²) in [6.07, 6.45) is 0.351. The molecule has 1 aromatic heterocycles. The first kappa shape index (κ1) is 21.5. The summed E-state index contributed by atoms with van der Waals surface area (Å²) < 4.78 is 37.4. The van der Waals surface area contributed by atoms with Crippen LogP contribution in [0.15, 0.2) is 16.3 Å². The number of sulfonamides is 1. The van der Waals surface area contributed by atoms with Crippen molar-refractivity contribution in [3.63, 3.8) is 0 Å². The van der Waals surface area contributed by atoms with Gasteiger partial charge >= 0.3 is 0 Å². The van der Waals surface area contributed by atoms with Crippen LogP contribution >= 0.6 is 23.7 Å². The van der Waals surface area contributed by atoms with Gasteiger partial charge < -0.3 is 20.1 Å². The van der Waals surface area contributed by atoms with Gasteiger partial charge in [0.1, 0.15) is 4.21 Å². The number of nitrogens with zero attached hydrogens (tertiary/aromatic N) is 1. The third-order valence-corrected chi connectivity index (χ3v) is 7.54. The molecule has 0 bridgehead atoms. The van der Waals surface area contributed by atoms with Crippen LogP contribution in [0.3, 0.4) is 0 Å². The van der Waals surface area contributed by atoms with Crippen LogP contribution in [0.4, 0.5) is 0 Å². The zero-order valence-corrected chi connectivity index (χ0v) is 16.8. The summed E-state index contributed by atoms with van der Waals surface area (Å²) in [7, 11) is -3.47. The average molecular weight is 426 g/mol. The third-order valence-electron chi connectivity index (χ3n) is 4.09. The molecule has 148 valence electrons. The monoisotopic (exact) mass is 425 g/mol. The van der Waals surface area contributed by atoms with E-state index in [-0.39, 0.29) is 24.4 Å². The molecule has 2 saturated heterocycles. The average Bonchev–Trinajstić information content (AvgIpc) is 3.11. The van der Waals surface area contributed by atoms with Gasteiger partial charge in [0.2, 0.25) is 5.91 Å². The summed E-state index contributed by atoms with van der Waals surface area (Å²) in [6.45, 7) is 3.90. The maximum Gasteiger partial charge on any atom is 0.252 e.